The summed E-state index contributed by atoms with van der Waals surface area (Å²) >= 11 is 7.37. The minimum Gasteiger partial charge on any atom is -0.481 e. The van der Waals surface area contributed by atoms with Crippen molar-refractivity contribution in [3.05, 3.63) is 59.1 Å². The molecule has 0 saturated carbocycles. The molecule has 0 aliphatic carbocycles. The summed E-state index contributed by atoms with van der Waals surface area (Å²) < 4.78 is 10.7. The molecule has 0 amide bonds. The summed E-state index contributed by atoms with van der Waals surface area (Å²) in [6.45, 7) is 4.27. The highest BCUT2D eigenvalue weighted by Crippen LogP contribution is 2.37. The van der Waals surface area contributed by atoms with E-state index in [1.807, 2.05) is 36.4 Å². The van der Waals surface area contributed by atoms with Crippen LogP contribution < -0.4 is 4.74 Å². The number of benzene rings is 2. The Labute approximate surface area is 157 Å². The molecule has 0 bridgehead atoms. The molecule has 5 heteroatoms. The van der Waals surface area contributed by atoms with Gasteiger partial charge in [-0.1, -0.05) is 29.7 Å². The van der Waals surface area contributed by atoms with Gasteiger partial charge >= 0.3 is 5.97 Å². The first-order valence-corrected chi connectivity index (χ1v) is 9.11. The second-order valence-electron chi connectivity index (χ2n) is 4.99. The largest absolute Gasteiger partial charge is 0.481 e. The van der Waals surface area contributed by atoms with Gasteiger partial charge in [0.1, 0.15) is 17.6 Å². The quantitative estimate of drug-likeness (QED) is 0.382. The minimum absolute atomic E-state index is 0.270. The lowest BCUT2D eigenvalue weighted by Crippen LogP contribution is -2.13. The molecular formula is C20H19ClO3S. The van der Waals surface area contributed by atoms with Gasteiger partial charge in [-0.25, -0.2) is 0 Å². The van der Waals surface area contributed by atoms with Crippen LogP contribution in [0.15, 0.2) is 53.4 Å². The van der Waals surface area contributed by atoms with Crippen LogP contribution >= 0.6 is 23.4 Å². The lowest BCUT2D eigenvalue weighted by molar-refractivity contribution is -0.142. The average molecular weight is 375 g/mol. The zero-order chi connectivity index (χ0) is 18.1. The molecule has 0 radical (unpaired) electrons. The van der Waals surface area contributed by atoms with Crippen molar-refractivity contribution < 1.29 is 14.3 Å². The highest BCUT2D eigenvalue weighted by Gasteiger charge is 2.23. The Kier molecular flexibility index (Phi) is 7.72. The molecule has 3 nitrogen and oxygen atoms in total. The van der Waals surface area contributed by atoms with E-state index in [9.17, 15) is 4.79 Å². The second-order valence-corrected chi connectivity index (χ2v) is 6.60. The first-order chi connectivity index (χ1) is 12.1. The van der Waals surface area contributed by atoms with Crippen molar-refractivity contribution in [1.29, 1.82) is 0 Å². The molecule has 0 spiro atoms. The monoisotopic (exact) mass is 374 g/mol. The Hall–Kier alpha value is -2.09. The molecule has 0 aliphatic rings. The molecule has 2 rings (SSSR count). The van der Waals surface area contributed by atoms with Crippen LogP contribution in [0.3, 0.4) is 0 Å². The van der Waals surface area contributed by atoms with Crippen LogP contribution in [0.5, 0.6) is 5.75 Å². The van der Waals surface area contributed by atoms with Gasteiger partial charge in [0.2, 0.25) is 0 Å². The van der Waals surface area contributed by atoms with Crippen LogP contribution in [0.2, 0.25) is 5.02 Å². The van der Waals surface area contributed by atoms with E-state index < -0.39 is 5.25 Å². The van der Waals surface area contributed by atoms with Crippen molar-refractivity contribution in [1.82, 2.24) is 0 Å². The molecule has 0 saturated heterocycles. The van der Waals surface area contributed by atoms with Crippen LogP contribution in [0, 0.1) is 11.8 Å². The number of halogens is 1. The summed E-state index contributed by atoms with van der Waals surface area (Å²) in [6.07, 6.45) is 0. The number of thioether (sulfide) groups is 1. The highest BCUT2D eigenvalue weighted by atomic mass is 35.5. The maximum atomic E-state index is 12.4. The number of esters is 1. The van der Waals surface area contributed by atoms with Crippen LogP contribution in [0.25, 0.3) is 0 Å². The first-order valence-electron chi connectivity index (χ1n) is 7.85. The fraction of sp³-hybridized carbons (Fsp3) is 0.250. The van der Waals surface area contributed by atoms with Gasteiger partial charge < -0.3 is 9.47 Å². The molecule has 0 N–H and O–H groups in total. The van der Waals surface area contributed by atoms with Crippen LogP contribution in [0.1, 0.15) is 24.7 Å². The van der Waals surface area contributed by atoms with Crippen molar-refractivity contribution in [2.24, 2.45) is 0 Å². The third-order valence-electron chi connectivity index (χ3n) is 3.24. The molecule has 2 aromatic rings. The lowest BCUT2D eigenvalue weighted by atomic mass is 10.1. The normalized spacial score (nSPS) is 11.2. The van der Waals surface area contributed by atoms with Crippen LogP contribution in [-0.4, -0.2) is 19.2 Å². The Balaban J connectivity index is 2.13. The molecular weight excluding hydrogens is 356 g/mol. The zero-order valence-corrected chi connectivity index (χ0v) is 15.7. The van der Waals surface area contributed by atoms with Crippen molar-refractivity contribution in [3.8, 4) is 17.6 Å². The van der Waals surface area contributed by atoms with Gasteiger partial charge in [0.05, 0.1) is 6.61 Å². The summed E-state index contributed by atoms with van der Waals surface area (Å²) in [4.78, 5) is 13.3. The van der Waals surface area contributed by atoms with E-state index in [1.54, 1.807) is 26.0 Å². The molecule has 0 heterocycles. The summed E-state index contributed by atoms with van der Waals surface area (Å²) in [7, 11) is 0. The Morgan fingerprint density at radius 3 is 2.44 bits per heavy atom. The van der Waals surface area contributed by atoms with Crippen LogP contribution in [-0.2, 0) is 9.53 Å². The standard InChI is InChI=1S/C20H19ClO3S/c1-3-5-14-24-17-10-12-18(13-11-17)25-19(20(22)23-4-2)15-6-8-16(21)9-7-15/h6-13,19H,4,14H2,1-2H3. The third-order valence-corrected chi connectivity index (χ3v) is 4.74. The number of carbonyl (C=O) groups is 1. The molecule has 1 unspecified atom stereocenters. The van der Waals surface area contributed by atoms with Gasteiger partial charge in [-0.2, -0.15) is 0 Å². The van der Waals surface area contributed by atoms with Crippen molar-refractivity contribution >= 4 is 29.3 Å². The van der Waals surface area contributed by atoms with E-state index in [4.69, 9.17) is 21.1 Å². The molecule has 2 aromatic carbocycles. The predicted octanol–water partition coefficient (Wildman–Crippen LogP) is 5.14. The van der Waals surface area contributed by atoms with Crippen molar-refractivity contribution in [2.45, 2.75) is 24.0 Å². The van der Waals surface area contributed by atoms with Gasteiger partial charge in [-0.3, -0.25) is 4.79 Å². The molecule has 130 valence electrons. The van der Waals surface area contributed by atoms with Gasteiger partial charge in [0.15, 0.2) is 0 Å². The molecule has 25 heavy (non-hydrogen) atoms. The minimum atomic E-state index is -0.449. The Morgan fingerprint density at radius 1 is 1.16 bits per heavy atom. The Morgan fingerprint density at radius 2 is 1.84 bits per heavy atom. The summed E-state index contributed by atoms with van der Waals surface area (Å²) in [5.74, 6) is 6.10. The Bertz CT molecular complexity index is 745. The summed E-state index contributed by atoms with van der Waals surface area (Å²) in [6, 6.07) is 14.8. The number of hydrogen-bond acceptors (Lipinski definition) is 4. The van der Waals surface area contributed by atoms with Crippen molar-refractivity contribution in [3.63, 3.8) is 0 Å². The van der Waals surface area contributed by atoms with E-state index in [0.29, 0.717) is 18.2 Å². The zero-order valence-electron chi connectivity index (χ0n) is 14.1. The average Bonchev–Trinajstić information content (AvgIpc) is 2.62. The lowest BCUT2D eigenvalue weighted by Gasteiger charge is -2.16. The van der Waals surface area contributed by atoms with Gasteiger partial charge in [0.25, 0.3) is 0 Å². The predicted molar refractivity (Wildman–Crippen MR) is 102 cm³/mol. The van der Waals surface area contributed by atoms with E-state index in [1.165, 1.54) is 11.8 Å². The summed E-state index contributed by atoms with van der Waals surface area (Å²) in [5.41, 5.74) is 0.853. The fourth-order valence-corrected chi connectivity index (χ4v) is 3.20. The summed E-state index contributed by atoms with van der Waals surface area (Å²) in [5, 5.41) is 0.183. The number of rotatable bonds is 7. The maximum absolute atomic E-state index is 12.4. The number of ether oxygens (including phenoxy) is 2. The molecule has 0 fully saturated rings. The van der Waals surface area contributed by atoms with Crippen molar-refractivity contribution in [2.75, 3.05) is 13.2 Å². The van der Waals surface area contributed by atoms with Crippen LogP contribution in [0.4, 0.5) is 0 Å². The van der Waals surface area contributed by atoms with E-state index >= 15 is 0 Å². The first kappa shape index (κ1) is 19.2. The number of hydrogen-bond donors (Lipinski definition) is 0. The number of carbonyl (C=O) groups excluding carboxylic acids is 1. The molecule has 0 aliphatic heterocycles. The van der Waals surface area contributed by atoms with Gasteiger partial charge in [-0.15, -0.1) is 17.7 Å². The highest BCUT2D eigenvalue weighted by molar-refractivity contribution is 8.00. The molecule has 1 atom stereocenters. The van der Waals surface area contributed by atoms with Gasteiger partial charge in [-0.05, 0) is 55.8 Å². The third kappa shape index (κ3) is 6.04. The second kappa shape index (κ2) is 10.0. The maximum Gasteiger partial charge on any atom is 0.323 e. The fourth-order valence-electron chi connectivity index (χ4n) is 2.05. The smallest absolute Gasteiger partial charge is 0.323 e. The van der Waals surface area contributed by atoms with Gasteiger partial charge in [0, 0.05) is 9.92 Å². The van der Waals surface area contributed by atoms with E-state index in [-0.39, 0.29) is 5.97 Å². The van der Waals surface area contributed by atoms with E-state index in [0.717, 1.165) is 16.2 Å². The molecule has 0 aromatic heterocycles. The van der Waals surface area contributed by atoms with E-state index in [2.05, 4.69) is 11.8 Å². The topological polar surface area (TPSA) is 35.5 Å². The SMILES string of the molecule is CC#CCOc1ccc(SC(C(=O)OCC)c2ccc(Cl)cc2)cc1.